The van der Waals surface area contributed by atoms with Crippen LogP contribution >= 0.6 is 12.2 Å². The van der Waals surface area contributed by atoms with Gasteiger partial charge in [0.2, 0.25) is 0 Å². The molecule has 7 heteroatoms. The maximum absolute atomic E-state index is 13.3. The summed E-state index contributed by atoms with van der Waals surface area (Å²) in [7, 11) is 1.30. The third-order valence-electron chi connectivity index (χ3n) is 5.20. The van der Waals surface area contributed by atoms with E-state index in [0.717, 1.165) is 16.7 Å². The first kappa shape index (κ1) is 22.4. The number of benzene rings is 3. The summed E-state index contributed by atoms with van der Waals surface area (Å²) in [5.41, 5.74) is 9.90. The molecule has 1 heterocycles. The first-order valence-corrected chi connectivity index (χ1v) is 10.6. The van der Waals surface area contributed by atoms with Crippen LogP contribution in [0.5, 0.6) is 5.75 Å². The van der Waals surface area contributed by atoms with E-state index in [4.69, 9.17) is 27.4 Å². The number of aromatic nitrogens is 1. The van der Waals surface area contributed by atoms with Crippen LogP contribution in [0.3, 0.4) is 0 Å². The molecule has 0 saturated heterocycles. The number of hydrogen-bond donors (Lipinski definition) is 1. The van der Waals surface area contributed by atoms with Gasteiger partial charge in [-0.05, 0) is 47.4 Å². The Labute approximate surface area is 196 Å². The van der Waals surface area contributed by atoms with Crippen LogP contribution in [0.25, 0.3) is 10.9 Å². The summed E-state index contributed by atoms with van der Waals surface area (Å²) in [5.74, 6) is -0.564. The topological polar surface area (TPSA) is 74.4 Å². The van der Waals surface area contributed by atoms with E-state index in [0.29, 0.717) is 28.6 Å². The number of carbonyl (C=O) groups is 1. The van der Waals surface area contributed by atoms with Crippen molar-refractivity contribution in [1.82, 2.24) is 4.98 Å². The molecule has 5 nitrogen and oxygen atoms in total. The average Bonchev–Trinajstić information content (AvgIpc) is 2.83. The second kappa shape index (κ2) is 9.75. The van der Waals surface area contributed by atoms with E-state index in [1.54, 1.807) is 24.4 Å². The zero-order chi connectivity index (χ0) is 23.4. The molecule has 4 rings (SSSR count). The molecule has 0 aliphatic heterocycles. The number of esters is 1. The molecule has 0 atom stereocenters. The molecule has 33 heavy (non-hydrogen) atoms. The first-order chi connectivity index (χ1) is 16.0. The Hall–Kier alpha value is -3.84. The molecule has 0 saturated carbocycles. The molecular formula is C26H21FN2O3S. The molecule has 0 fully saturated rings. The van der Waals surface area contributed by atoms with Gasteiger partial charge in [0.25, 0.3) is 0 Å². The highest BCUT2D eigenvalue weighted by molar-refractivity contribution is 7.80. The van der Waals surface area contributed by atoms with E-state index in [1.165, 1.54) is 19.2 Å². The van der Waals surface area contributed by atoms with Gasteiger partial charge in [0.1, 0.15) is 28.5 Å². The van der Waals surface area contributed by atoms with Gasteiger partial charge in [-0.3, -0.25) is 4.98 Å². The molecule has 0 aliphatic rings. The monoisotopic (exact) mass is 460 g/mol. The highest BCUT2D eigenvalue weighted by Crippen LogP contribution is 2.33. The molecule has 166 valence electrons. The van der Waals surface area contributed by atoms with Gasteiger partial charge in [0.15, 0.2) is 5.75 Å². The molecule has 2 N–H and O–H groups in total. The predicted molar refractivity (Wildman–Crippen MR) is 129 cm³/mol. The van der Waals surface area contributed by atoms with Gasteiger partial charge >= 0.3 is 5.97 Å². The van der Waals surface area contributed by atoms with Gasteiger partial charge in [-0.15, -0.1) is 0 Å². The van der Waals surface area contributed by atoms with Crippen molar-refractivity contribution in [3.05, 3.63) is 107 Å². The van der Waals surface area contributed by atoms with Crippen LogP contribution in [-0.2, 0) is 17.8 Å². The van der Waals surface area contributed by atoms with Gasteiger partial charge in [-0.25, -0.2) is 9.18 Å². The minimum absolute atomic E-state index is 0.125. The fourth-order valence-corrected chi connectivity index (χ4v) is 3.75. The minimum atomic E-state index is -0.574. The Morgan fingerprint density at radius 3 is 2.39 bits per heavy atom. The van der Waals surface area contributed by atoms with Crippen molar-refractivity contribution >= 4 is 34.1 Å². The number of fused-ring (bicyclic) bond motifs is 1. The van der Waals surface area contributed by atoms with Gasteiger partial charge in [-0.1, -0.05) is 54.7 Å². The Kier molecular flexibility index (Phi) is 6.60. The summed E-state index contributed by atoms with van der Waals surface area (Å²) >= 11 is 5.26. The van der Waals surface area contributed by atoms with E-state index in [9.17, 15) is 9.18 Å². The lowest BCUT2D eigenvalue weighted by molar-refractivity contribution is 0.0596. The van der Waals surface area contributed by atoms with Crippen molar-refractivity contribution in [3.63, 3.8) is 0 Å². The lowest BCUT2D eigenvalue weighted by atomic mass is 9.99. The van der Waals surface area contributed by atoms with Crippen LogP contribution in [0.4, 0.5) is 4.39 Å². The minimum Gasteiger partial charge on any atom is -0.486 e. The van der Waals surface area contributed by atoms with Crippen molar-refractivity contribution in [2.45, 2.75) is 13.0 Å². The number of carbonyl (C=O) groups excluding carboxylic acids is 1. The molecule has 0 unspecified atom stereocenters. The Bertz CT molecular complexity index is 1330. The SMILES string of the molecule is COC(=O)c1cc(C(N)=S)c2cc(Cc3ccc(F)cc3)cnc2c1OCc1ccccc1. The van der Waals surface area contributed by atoms with Gasteiger partial charge in [-0.2, -0.15) is 0 Å². The summed E-state index contributed by atoms with van der Waals surface area (Å²) in [6, 6.07) is 19.4. The Balaban J connectivity index is 1.82. The number of ether oxygens (including phenoxy) is 2. The van der Waals surface area contributed by atoms with Crippen molar-refractivity contribution in [3.8, 4) is 5.75 Å². The first-order valence-electron chi connectivity index (χ1n) is 10.2. The number of nitrogens with two attached hydrogens (primary N) is 1. The number of hydrogen-bond acceptors (Lipinski definition) is 5. The number of nitrogens with zero attached hydrogens (tertiary/aromatic N) is 1. The van der Waals surface area contributed by atoms with Crippen LogP contribution in [-0.4, -0.2) is 23.1 Å². The lowest BCUT2D eigenvalue weighted by Gasteiger charge is -2.16. The van der Waals surface area contributed by atoms with Gasteiger partial charge in [0, 0.05) is 17.1 Å². The summed E-state index contributed by atoms with van der Waals surface area (Å²) in [6.45, 7) is 0.241. The van der Waals surface area contributed by atoms with Crippen LogP contribution in [0.15, 0.2) is 72.9 Å². The summed E-state index contributed by atoms with van der Waals surface area (Å²) in [4.78, 5) is 17.3. The summed E-state index contributed by atoms with van der Waals surface area (Å²) in [5, 5.41) is 0.665. The second-order valence-corrected chi connectivity index (χ2v) is 7.91. The van der Waals surface area contributed by atoms with E-state index >= 15 is 0 Å². The molecule has 4 aromatic rings. The summed E-state index contributed by atoms with van der Waals surface area (Å²) in [6.07, 6.45) is 2.24. The maximum atomic E-state index is 13.3. The summed E-state index contributed by atoms with van der Waals surface area (Å²) < 4.78 is 24.3. The van der Waals surface area contributed by atoms with E-state index in [-0.39, 0.29) is 23.0 Å². The highest BCUT2D eigenvalue weighted by atomic mass is 32.1. The Morgan fingerprint density at radius 2 is 1.73 bits per heavy atom. The van der Waals surface area contributed by atoms with Crippen molar-refractivity contribution in [1.29, 1.82) is 0 Å². The molecule has 0 radical (unpaired) electrons. The number of rotatable bonds is 7. The highest BCUT2D eigenvalue weighted by Gasteiger charge is 2.22. The predicted octanol–water partition coefficient (Wildman–Crippen LogP) is 4.96. The fraction of sp³-hybridized carbons (Fsp3) is 0.115. The van der Waals surface area contributed by atoms with Crippen LogP contribution in [0.2, 0.25) is 0 Å². The van der Waals surface area contributed by atoms with Crippen molar-refractivity contribution in [2.24, 2.45) is 5.73 Å². The van der Waals surface area contributed by atoms with E-state index in [2.05, 4.69) is 4.98 Å². The van der Waals surface area contributed by atoms with Crippen LogP contribution in [0, 0.1) is 5.82 Å². The number of halogens is 1. The number of thiocarbonyl (C=S) groups is 1. The van der Waals surface area contributed by atoms with Crippen molar-refractivity contribution in [2.75, 3.05) is 7.11 Å². The molecule has 3 aromatic carbocycles. The van der Waals surface area contributed by atoms with Gasteiger partial charge in [0.05, 0.1) is 7.11 Å². The zero-order valence-corrected chi connectivity index (χ0v) is 18.7. The molecule has 0 aliphatic carbocycles. The zero-order valence-electron chi connectivity index (χ0n) is 17.9. The van der Waals surface area contributed by atoms with Crippen molar-refractivity contribution < 1.29 is 18.7 Å². The lowest BCUT2D eigenvalue weighted by Crippen LogP contribution is -2.14. The smallest absolute Gasteiger partial charge is 0.341 e. The van der Waals surface area contributed by atoms with Crippen LogP contribution < -0.4 is 10.5 Å². The third-order valence-corrected chi connectivity index (χ3v) is 5.42. The standard InChI is InChI=1S/C26H21FN2O3S/c1-31-26(30)22-13-21(25(28)33)20-12-18(11-16-7-9-19(27)10-8-16)14-29-23(20)24(22)32-15-17-5-3-2-4-6-17/h2-10,12-14H,11,15H2,1H3,(H2,28,33). The fourth-order valence-electron chi connectivity index (χ4n) is 3.59. The Morgan fingerprint density at radius 1 is 1.00 bits per heavy atom. The molecule has 0 spiro atoms. The molecule has 1 aromatic heterocycles. The van der Waals surface area contributed by atoms with Gasteiger partial charge < -0.3 is 15.2 Å². The second-order valence-electron chi connectivity index (χ2n) is 7.47. The van der Waals surface area contributed by atoms with E-state index < -0.39 is 5.97 Å². The quantitative estimate of drug-likeness (QED) is 0.310. The number of methoxy groups -OCH3 is 1. The average molecular weight is 461 g/mol. The normalized spacial score (nSPS) is 10.7. The molecule has 0 bridgehead atoms. The van der Waals surface area contributed by atoms with Crippen LogP contribution in [0.1, 0.15) is 32.6 Å². The van der Waals surface area contributed by atoms with E-state index in [1.807, 2.05) is 36.4 Å². The third kappa shape index (κ3) is 4.99. The molecule has 0 amide bonds. The molecular weight excluding hydrogens is 439 g/mol. The largest absolute Gasteiger partial charge is 0.486 e. The number of pyridine rings is 1. The maximum Gasteiger partial charge on any atom is 0.341 e.